The number of nitrogens with zero attached hydrogens (tertiary/aromatic N) is 4. The third kappa shape index (κ3) is 6.85. The number of β-lactam (4-membered cyclic amide) rings is 1. The zero-order valence-corrected chi connectivity index (χ0v) is 28.8. The molecule has 0 aliphatic carbocycles. The van der Waals surface area contributed by atoms with Gasteiger partial charge in [-0.05, 0) is 23.0 Å². The fourth-order valence-electron chi connectivity index (χ4n) is 4.87. The van der Waals surface area contributed by atoms with Crippen LogP contribution in [0.4, 0.5) is 5.13 Å². The number of esters is 1. The monoisotopic (exact) mass is 728 g/mol. The van der Waals surface area contributed by atoms with Crippen LogP contribution in [0.3, 0.4) is 0 Å². The van der Waals surface area contributed by atoms with Crippen LogP contribution in [0, 0.1) is 0 Å². The SMILES string of the molecule is CSc1nnc(SCC2=C(C(=O)OC(c3ccccc3)c3ccccc3)N3C(=O)C(NC(=O)/C(=C/Cl)c4csc(N)n4)[C@H]3SC2)s1. The fourth-order valence-corrected chi connectivity index (χ4v) is 9.57. The molecule has 4 heterocycles. The highest BCUT2D eigenvalue weighted by Crippen LogP contribution is 2.43. The molecule has 4 aromatic rings. The molecule has 10 nitrogen and oxygen atoms in total. The molecule has 3 N–H and O–H groups in total. The summed E-state index contributed by atoms with van der Waals surface area (Å²) >= 11 is 13.0. The topological polar surface area (TPSA) is 140 Å². The van der Waals surface area contributed by atoms with E-state index in [9.17, 15) is 14.4 Å². The first-order chi connectivity index (χ1) is 22.4. The highest BCUT2D eigenvalue weighted by molar-refractivity contribution is 8.03. The summed E-state index contributed by atoms with van der Waals surface area (Å²) in [4.78, 5) is 46.7. The summed E-state index contributed by atoms with van der Waals surface area (Å²) < 4.78 is 7.82. The molecule has 0 bridgehead atoms. The smallest absolute Gasteiger partial charge is 0.356 e. The predicted octanol–water partition coefficient (Wildman–Crippen LogP) is 5.66. The maximum absolute atomic E-state index is 14.2. The molecule has 6 rings (SSSR count). The minimum absolute atomic E-state index is 0.0872. The normalized spacial score (nSPS) is 17.9. The van der Waals surface area contributed by atoms with E-state index in [1.54, 1.807) is 5.38 Å². The molecule has 2 aromatic carbocycles. The molecule has 16 heteroatoms. The van der Waals surface area contributed by atoms with Crippen molar-refractivity contribution in [3.8, 4) is 0 Å². The summed E-state index contributed by atoms with van der Waals surface area (Å²) in [5, 5.41) is 12.5. The summed E-state index contributed by atoms with van der Waals surface area (Å²) in [7, 11) is 0. The minimum Gasteiger partial charge on any atom is -0.448 e. The third-order valence-electron chi connectivity index (χ3n) is 7.04. The number of fused-ring (bicyclic) bond motifs is 1. The first-order valence-electron chi connectivity index (χ1n) is 13.7. The highest BCUT2D eigenvalue weighted by Gasteiger charge is 2.54. The number of carbonyl (C=O) groups excluding carboxylic acids is 3. The maximum atomic E-state index is 14.2. The van der Waals surface area contributed by atoms with Crippen molar-refractivity contribution in [3.05, 3.63) is 99.7 Å². The van der Waals surface area contributed by atoms with Gasteiger partial charge < -0.3 is 15.8 Å². The Labute approximate surface area is 290 Å². The lowest BCUT2D eigenvalue weighted by Gasteiger charge is -2.49. The van der Waals surface area contributed by atoms with E-state index in [1.807, 2.05) is 66.9 Å². The zero-order valence-electron chi connectivity index (χ0n) is 24.0. The van der Waals surface area contributed by atoms with Gasteiger partial charge in [0.05, 0.1) is 11.3 Å². The van der Waals surface area contributed by atoms with Gasteiger partial charge in [-0.3, -0.25) is 14.5 Å². The highest BCUT2D eigenvalue weighted by atomic mass is 35.5. The summed E-state index contributed by atoms with van der Waals surface area (Å²) in [6.45, 7) is 0. The number of anilines is 1. The van der Waals surface area contributed by atoms with Gasteiger partial charge in [-0.15, -0.1) is 33.3 Å². The molecular weight excluding hydrogens is 704 g/mol. The predicted molar refractivity (Wildman–Crippen MR) is 186 cm³/mol. The van der Waals surface area contributed by atoms with Crippen molar-refractivity contribution < 1.29 is 19.1 Å². The van der Waals surface area contributed by atoms with Crippen molar-refractivity contribution in [2.75, 3.05) is 23.5 Å². The molecule has 2 aliphatic heterocycles. The third-order valence-corrected chi connectivity index (χ3v) is 12.4. The second-order valence-electron chi connectivity index (χ2n) is 9.84. The summed E-state index contributed by atoms with van der Waals surface area (Å²) in [5.74, 6) is -0.780. The lowest BCUT2D eigenvalue weighted by Crippen LogP contribution is -2.70. The maximum Gasteiger partial charge on any atom is 0.356 e. The number of hydrogen-bond donors (Lipinski definition) is 2. The van der Waals surface area contributed by atoms with E-state index < -0.39 is 35.3 Å². The molecular formula is C30H25ClN6O4S5. The van der Waals surface area contributed by atoms with Crippen LogP contribution >= 0.6 is 69.6 Å². The Morgan fingerprint density at radius 1 is 1.13 bits per heavy atom. The molecule has 1 saturated heterocycles. The van der Waals surface area contributed by atoms with Crippen molar-refractivity contribution in [2.45, 2.75) is 26.2 Å². The summed E-state index contributed by atoms with van der Waals surface area (Å²) in [6.07, 6.45) is 1.23. The molecule has 0 saturated carbocycles. The molecule has 236 valence electrons. The Hall–Kier alpha value is -3.34. The van der Waals surface area contributed by atoms with Crippen LogP contribution in [0.25, 0.3) is 5.57 Å². The van der Waals surface area contributed by atoms with Crippen LogP contribution in [-0.4, -0.2) is 67.0 Å². The molecule has 0 radical (unpaired) electrons. The molecule has 0 spiro atoms. The number of nitrogens with one attached hydrogen (secondary N) is 1. The summed E-state index contributed by atoms with van der Waals surface area (Å²) in [5.41, 5.74) is 9.75. The first kappa shape index (κ1) is 32.6. The van der Waals surface area contributed by atoms with E-state index in [2.05, 4.69) is 20.5 Å². The van der Waals surface area contributed by atoms with Gasteiger partial charge in [0.1, 0.15) is 17.1 Å². The molecule has 2 amide bonds. The number of benzene rings is 2. The summed E-state index contributed by atoms with van der Waals surface area (Å²) in [6, 6.07) is 18.0. The van der Waals surface area contributed by atoms with Crippen LogP contribution in [0.15, 0.2) is 91.5 Å². The van der Waals surface area contributed by atoms with Crippen molar-refractivity contribution in [1.29, 1.82) is 0 Å². The quantitative estimate of drug-likeness (QED) is 0.0856. The van der Waals surface area contributed by atoms with Gasteiger partial charge >= 0.3 is 5.97 Å². The van der Waals surface area contributed by atoms with Crippen LogP contribution in [0.5, 0.6) is 0 Å². The number of aromatic nitrogens is 3. The van der Waals surface area contributed by atoms with E-state index in [0.29, 0.717) is 17.2 Å². The number of rotatable bonds is 11. The van der Waals surface area contributed by atoms with E-state index in [1.165, 1.54) is 62.9 Å². The molecule has 1 unspecified atom stereocenters. The second kappa shape index (κ2) is 14.6. The van der Waals surface area contributed by atoms with E-state index in [4.69, 9.17) is 22.1 Å². The Morgan fingerprint density at radius 3 is 2.39 bits per heavy atom. The molecule has 46 heavy (non-hydrogen) atoms. The number of nitrogen functional groups attached to an aromatic ring is 1. The van der Waals surface area contributed by atoms with Gasteiger partial charge in [0, 0.05) is 22.4 Å². The number of carbonyl (C=O) groups is 3. The van der Waals surface area contributed by atoms with Crippen LogP contribution in [0.2, 0.25) is 0 Å². The van der Waals surface area contributed by atoms with Gasteiger partial charge in [-0.25, -0.2) is 9.78 Å². The van der Waals surface area contributed by atoms with Gasteiger partial charge in [0.2, 0.25) is 0 Å². The van der Waals surface area contributed by atoms with Crippen molar-refractivity contribution in [2.24, 2.45) is 0 Å². The standard InChI is InChI=1S/C30H25ClN6O4S5/c1-42-29-35-36-30(46-29)45-14-18-13-43-26-21(34-24(38)19(12-31)20-15-44-28(32)33-20)25(39)37(26)22(18)27(40)41-23(16-8-4-2-5-9-16)17-10-6-3-7-11-17/h2-12,15,21,23,26H,13-14H2,1H3,(H2,32,33)(H,34,38)/b19-12+/t21?,26-/m1/s1. The Bertz CT molecular complexity index is 1780. The number of hydrogen-bond acceptors (Lipinski definition) is 13. The average Bonchev–Trinajstić information content (AvgIpc) is 3.74. The minimum atomic E-state index is -0.886. The van der Waals surface area contributed by atoms with Crippen molar-refractivity contribution >= 4 is 98.0 Å². The number of halogens is 1. The van der Waals surface area contributed by atoms with Gasteiger partial charge in [0.25, 0.3) is 11.8 Å². The van der Waals surface area contributed by atoms with Crippen LogP contribution in [-0.2, 0) is 19.1 Å². The number of ether oxygens (including phenoxy) is 1. The number of nitrogens with two attached hydrogens (primary N) is 1. The van der Waals surface area contributed by atoms with Crippen molar-refractivity contribution in [1.82, 2.24) is 25.4 Å². The fraction of sp³-hybridized carbons (Fsp3) is 0.200. The Kier molecular flexibility index (Phi) is 10.4. The number of thiazole rings is 1. The molecule has 2 atom stereocenters. The lowest BCUT2D eigenvalue weighted by molar-refractivity contribution is -0.154. The Balaban J connectivity index is 1.28. The van der Waals surface area contributed by atoms with Crippen molar-refractivity contribution in [3.63, 3.8) is 0 Å². The number of amides is 2. The van der Waals surface area contributed by atoms with E-state index in [-0.39, 0.29) is 16.4 Å². The molecule has 2 aliphatic rings. The van der Waals surface area contributed by atoms with E-state index >= 15 is 0 Å². The average molecular weight is 729 g/mol. The van der Waals surface area contributed by atoms with E-state index in [0.717, 1.165) is 30.9 Å². The Morgan fingerprint density at radius 2 is 1.80 bits per heavy atom. The van der Waals surface area contributed by atoms with Gasteiger partial charge in [-0.1, -0.05) is 107 Å². The lowest BCUT2D eigenvalue weighted by atomic mass is 10.0. The molecule has 1 fully saturated rings. The largest absolute Gasteiger partial charge is 0.448 e. The number of thioether (sulfide) groups is 3. The zero-order chi connectivity index (χ0) is 32.2. The van der Waals surface area contributed by atoms with Crippen LogP contribution in [0.1, 0.15) is 22.9 Å². The first-order valence-corrected chi connectivity index (χ1v) is 19.1. The van der Waals surface area contributed by atoms with Crippen LogP contribution < -0.4 is 11.1 Å². The van der Waals surface area contributed by atoms with Gasteiger partial charge in [-0.2, -0.15) is 0 Å². The molecule has 2 aromatic heterocycles. The second-order valence-corrected chi connectivity index (χ2v) is 15.3. The van der Waals surface area contributed by atoms with Gasteiger partial charge in [0.15, 0.2) is 19.9 Å².